The number of anilines is 1. The molecule has 0 saturated heterocycles. The fourth-order valence-corrected chi connectivity index (χ4v) is 2.48. The van der Waals surface area contributed by atoms with Crippen LogP contribution in [0.5, 0.6) is 0 Å². The third-order valence-electron chi connectivity index (χ3n) is 3.60. The third-order valence-corrected chi connectivity index (χ3v) is 3.83. The Balaban J connectivity index is 1.87. The van der Waals surface area contributed by atoms with Crippen LogP contribution in [0, 0.1) is 5.82 Å². The number of benzene rings is 2. The van der Waals surface area contributed by atoms with Gasteiger partial charge in [-0.05, 0) is 30.2 Å². The molecule has 2 aromatic rings. The second-order valence-corrected chi connectivity index (χ2v) is 5.98. The van der Waals surface area contributed by atoms with Crippen molar-refractivity contribution >= 4 is 29.0 Å². The molecule has 0 bridgehead atoms. The summed E-state index contributed by atoms with van der Waals surface area (Å²) >= 11 is 5.66. The number of carbonyl (C=O) groups excluding carboxylic acids is 2. The van der Waals surface area contributed by atoms with Crippen molar-refractivity contribution < 1.29 is 14.0 Å². The number of nitrogens with one attached hydrogen (secondary N) is 1. The molecule has 0 aromatic heterocycles. The van der Waals surface area contributed by atoms with Crippen LogP contribution >= 0.6 is 11.6 Å². The van der Waals surface area contributed by atoms with Crippen molar-refractivity contribution in [3.8, 4) is 0 Å². The van der Waals surface area contributed by atoms with Gasteiger partial charge in [-0.15, -0.1) is 0 Å². The van der Waals surface area contributed by atoms with Gasteiger partial charge in [-0.1, -0.05) is 49.2 Å². The molecule has 0 aliphatic carbocycles. The molecule has 1 N–H and O–H groups in total. The minimum absolute atomic E-state index is 0.00237. The van der Waals surface area contributed by atoms with Crippen LogP contribution in [0.4, 0.5) is 10.1 Å². The Morgan fingerprint density at radius 2 is 1.79 bits per heavy atom. The lowest BCUT2D eigenvalue weighted by molar-refractivity contribution is -0.116. The zero-order chi connectivity index (χ0) is 17.5. The predicted molar refractivity (Wildman–Crippen MR) is 94.0 cm³/mol. The lowest BCUT2D eigenvalue weighted by atomic mass is 10.0. The second kappa shape index (κ2) is 8.60. The van der Waals surface area contributed by atoms with E-state index >= 15 is 0 Å². The Labute approximate surface area is 145 Å². The number of rotatable bonds is 7. The summed E-state index contributed by atoms with van der Waals surface area (Å²) in [5, 5.41) is 2.70. The SMILES string of the molecule is CCCc1ccc(C(=O)CCC(=O)Nc2ccc(Cl)cc2F)cc1. The number of hydrogen-bond acceptors (Lipinski definition) is 2. The molecule has 3 nitrogen and oxygen atoms in total. The number of Topliss-reactive ketones (excluding diaryl/α,β-unsaturated/α-hetero) is 1. The zero-order valence-electron chi connectivity index (χ0n) is 13.4. The van der Waals surface area contributed by atoms with Crippen LogP contribution in [0.25, 0.3) is 0 Å². The smallest absolute Gasteiger partial charge is 0.224 e. The lowest BCUT2D eigenvalue weighted by Gasteiger charge is -2.07. The molecule has 0 heterocycles. The summed E-state index contributed by atoms with van der Waals surface area (Å²) in [5.41, 5.74) is 1.83. The van der Waals surface area contributed by atoms with E-state index in [4.69, 9.17) is 11.6 Å². The largest absolute Gasteiger partial charge is 0.324 e. The number of aryl methyl sites for hydroxylation is 1. The van der Waals surface area contributed by atoms with Gasteiger partial charge in [0, 0.05) is 23.4 Å². The first-order valence-corrected chi connectivity index (χ1v) is 8.24. The molecule has 0 aliphatic heterocycles. The number of halogens is 2. The van der Waals surface area contributed by atoms with Crippen LogP contribution in [0.1, 0.15) is 42.1 Å². The molecule has 126 valence electrons. The molecule has 2 rings (SSSR count). The van der Waals surface area contributed by atoms with Crippen molar-refractivity contribution in [3.63, 3.8) is 0 Å². The highest BCUT2D eigenvalue weighted by Gasteiger charge is 2.11. The standard InChI is InChI=1S/C19H19ClFNO2/c1-2-3-13-4-6-14(7-5-13)18(23)10-11-19(24)22-17-9-8-15(20)12-16(17)21/h4-9,12H,2-3,10-11H2,1H3,(H,22,24). The van der Waals surface area contributed by atoms with E-state index in [1.165, 1.54) is 17.7 Å². The first-order valence-electron chi connectivity index (χ1n) is 7.86. The molecule has 0 atom stereocenters. The molecule has 0 saturated carbocycles. The summed E-state index contributed by atoms with van der Waals surface area (Å²) in [6, 6.07) is 11.4. The van der Waals surface area contributed by atoms with Crippen LogP contribution < -0.4 is 5.32 Å². The quantitative estimate of drug-likeness (QED) is 0.714. The van der Waals surface area contributed by atoms with E-state index in [0.29, 0.717) is 5.56 Å². The number of carbonyl (C=O) groups is 2. The van der Waals surface area contributed by atoms with Gasteiger partial charge in [0.2, 0.25) is 5.91 Å². The zero-order valence-corrected chi connectivity index (χ0v) is 14.2. The molecular weight excluding hydrogens is 329 g/mol. The Kier molecular flexibility index (Phi) is 6.50. The highest BCUT2D eigenvalue weighted by molar-refractivity contribution is 6.30. The fourth-order valence-electron chi connectivity index (χ4n) is 2.32. The van der Waals surface area contributed by atoms with Crippen LogP contribution in [0.3, 0.4) is 0 Å². The Morgan fingerprint density at radius 3 is 2.42 bits per heavy atom. The van der Waals surface area contributed by atoms with Crippen LogP contribution in [0.15, 0.2) is 42.5 Å². The summed E-state index contributed by atoms with van der Waals surface area (Å²) in [7, 11) is 0. The maximum atomic E-state index is 13.6. The van der Waals surface area contributed by atoms with Crippen LogP contribution in [-0.4, -0.2) is 11.7 Å². The average Bonchev–Trinajstić information content (AvgIpc) is 2.56. The van der Waals surface area contributed by atoms with Gasteiger partial charge in [0.05, 0.1) is 5.69 Å². The Morgan fingerprint density at radius 1 is 1.08 bits per heavy atom. The maximum Gasteiger partial charge on any atom is 0.224 e. The first kappa shape index (κ1) is 18.1. The maximum absolute atomic E-state index is 13.6. The summed E-state index contributed by atoms with van der Waals surface area (Å²) in [5.74, 6) is -1.12. The summed E-state index contributed by atoms with van der Waals surface area (Å²) < 4.78 is 13.6. The molecular formula is C19H19ClFNO2. The average molecular weight is 348 g/mol. The van der Waals surface area contributed by atoms with E-state index in [1.54, 1.807) is 12.1 Å². The van der Waals surface area contributed by atoms with Gasteiger partial charge < -0.3 is 5.32 Å². The van der Waals surface area contributed by atoms with Gasteiger partial charge in [-0.25, -0.2) is 4.39 Å². The second-order valence-electron chi connectivity index (χ2n) is 5.54. The minimum Gasteiger partial charge on any atom is -0.324 e. The highest BCUT2D eigenvalue weighted by atomic mass is 35.5. The monoisotopic (exact) mass is 347 g/mol. The molecule has 0 radical (unpaired) electrons. The number of hydrogen-bond donors (Lipinski definition) is 1. The van der Waals surface area contributed by atoms with Crippen LogP contribution in [-0.2, 0) is 11.2 Å². The highest BCUT2D eigenvalue weighted by Crippen LogP contribution is 2.19. The third kappa shape index (κ3) is 5.17. The predicted octanol–water partition coefficient (Wildman–Crippen LogP) is 5.03. The summed E-state index contributed by atoms with van der Waals surface area (Å²) in [4.78, 5) is 24.0. The summed E-state index contributed by atoms with van der Waals surface area (Å²) in [6.45, 7) is 2.10. The Bertz CT molecular complexity index is 729. The molecule has 1 amide bonds. The molecule has 24 heavy (non-hydrogen) atoms. The molecule has 0 unspecified atom stereocenters. The van der Waals surface area contributed by atoms with E-state index in [1.807, 2.05) is 12.1 Å². The number of amides is 1. The van der Waals surface area contributed by atoms with Crippen molar-refractivity contribution in [2.45, 2.75) is 32.6 Å². The number of ketones is 1. The van der Waals surface area contributed by atoms with E-state index < -0.39 is 11.7 Å². The van der Waals surface area contributed by atoms with Crippen LogP contribution in [0.2, 0.25) is 5.02 Å². The first-order chi connectivity index (χ1) is 11.5. The van der Waals surface area contributed by atoms with Gasteiger partial charge in [-0.2, -0.15) is 0 Å². The molecule has 0 aliphatic rings. The molecule has 0 spiro atoms. The van der Waals surface area contributed by atoms with Gasteiger partial charge in [0.25, 0.3) is 0 Å². The normalized spacial score (nSPS) is 10.5. The molecule has 0 fully saturated rings. The van der Waals surface area contributed by atoms with Crippen molar-refractivity contribution in [1.29, 1.82) is 0 Å². The Hall–Kier alpha value is -2.20. The van der Waals surface area contributed by atoms with Gasteiger partial charge in [-0.3, -0.25) is 9.59 Å². The van der Waals surface area contributed by atoms with E-state index in [0.717, 1.165) is 18.9 Å². The van der Waals surface area contributed by atoms with E-state index in [-0.39, 0.29) is 29.3 Å². The van der Waals surface area contributed by atoms with Crippen molar-refractivity contribution in [3.05, 3.63) is 64.4 Å². The lowest BCUT2D eigenvalue weighted by Crippen LogP contribution is -2.14. The molecule has 5 heteroatoms. The van der Waals surface area contributed by atoms with Gasteiger partial charge >= 0.3 is 0 Å². The van der Waals surface area contributed by atoms with Gasteiger partial charge in [0.1, 0.15) is 5.82 Å². The van der Waals surface area contributed by atoms with Crippen molar-refractivity contribution in [1.82, 2.24) is 0 Å². The topological polar surface area (TPSA) is 46.2 Å². The van der Waals surface area contributed by atoms with Gasteiger partial charge in [0.15, 0.2) is 5.78 Å². The van der Waals surface area contributed by atoms with E-state index in [9.17, 15) is 14.0 Å². The molecule has 2 aromatic carbocycles. The summed E-state index contributed by atoms with van der Waals surface area (Å²) in [6.07, 6.45) is 2.10. The fraction of sp³-hybridized carbons (Fsp3) is 0.263. The van der Waals surface area contributed by atoms with Crippen molar-refractivity contribution in [2.24, 2.45) is 0 Å². The minimum atomic E-state index is -0.603. The van der Waals surface area contributed by atoms with E-state index in [2.05, 4.69) is 12.2 Å². The van der Waals surface area contributed by atoms with Crippen molar-refractivity contribution in [2.75, 3.05) is 5.32 Å².